The van der Waals surface area contributed by atoms with Crippen LogP contribution in [0.25, 0.3) is 0 Å². The van der Waals surface area contributed by atoms with E-state index in [1.54, 1.807) is 23.1 Å². The Morgan fingerprint density at radius 3 is 2.61 bits per heavy atom. The lowest BCUT2D eigenvalue weighted by atomic mass is 10.2. The van der Waals surface area contributed by atoms with Crippen molar-refractivity contribution in [2.75, 3.05) is 11.9 Å². The monoisotopic (exact) mass is 243 g/mol. The van der Waals surface area contributed by atoms with E-state index in [4.69, 9.17) is 5.11 Å². The summed E-state index contributed by atoms with van der Waals surface area (Å²) in [6, 6.07) is 10.4. The van der Waals surface area contributed by atoms with E-state index in [-0.39, 0.29) is 5.56 Å². The van der Waals surface area contributed by atoms with E-state index >= 15 is 0 Å². The number of carboxylic acids is 1. The summed E-state index contributed by atoms with van der Waals surface area (Å²) in [5, 5.41) is 17.0. The highest BCUT2D eigenvalue weighted by molar-refractivity contribution is 5.89. The molecule has 2 aromatic rings. The lowest BCUT2D eigenvalue weighted by Gasteiger charge is -2.17. The first kappa shape index (κ1) is 12.0. The zero-order chi connectivity index (χ0) is 13.1. The number of aromatic carboxylic acids is 1. The fourth-order valence-electron chi connectivity index (χ4n) is 1.55. The Morgan fingerprint density at radius 1 is 1.22 bits per heavy atom. The molecule has 1 heterocycles. The molecule has 18 heavy (non-hydrogen) atoms. The predicted octanol–water partition coefficient (Wildman–Crippen LogP) is 2.25. The molecule has 5 nitrogen and oxygen atoms in total. The van der Waals surface area contributed by atoms with Gasteiger partial charge in [0.1, 0.15) is 0 Å². The normalized spacial score (nSPS) is 10.1. The molecule has 0 atom stereocenters. The van der Waals surface area contributed by atoms with E-state index in [2.05, 4.69) is 10.2 Å². The van der Waals surface area contributed by atoms with Crippen molar-refractivity contribution in [1.82, 2.24) is 10.2 Å². The number of carbonyl (C=O) groups is 1. The van der Waals surface area contributed by atoms with Crippen LogP contribution in [-0.4, -0.2) is 28.3 Å². The molecule has 0 aliphatic rings. The van der Waals surface area contributed by atoms with Crippen molar-refractivity contribution in [2.24, 2.45) is 0 Å². The molecule has 0 amide bonds. The van der Waals surface area contributed by atoms with E-state index in [9.17, 15) is 4.79 Å². The first-order chi connectivity index (χ1) is 8.58. The second kappa shape index (κ2) is 4.83. The molecular weight excluding hydrogens is 230 g/mol. The van der Waals surface area contributed by atoms with Gasteiger partial charge in [-0.05, 0) is 37.3 Å². The second-order valence-electron chi connectivity index (χ2n) is 3.95. The van der Waals surface area contributed by atoms with E-state index in [0.717, 1.165) is 11.4 Å². The molecule has 0 radical (unpaired) electrons. The predicted molar refractivity (Wildman–Crippen MR) is 68.2 cm³/mol. The molecule has 1 aromatic carbocycles. The minimum atomic E-state index is -0.944. The molecule has 0 saturated carbocycles. The molecule has 0 bridgehead atoms. The van der Waals surface area contributed by atoms with Crippen LogP contribution in [-0.2, 0) is 0 Å². The number of hydrogen-bond donors (Lipinski definition) is 1. The summed E-state index contributed by atoms with van der Waals surface area (Å²) >= 11 is 0. The molecule has 0 saturated heterocycles. The van der Waals surface area contributed by atoms with Gasteiger partial charge in [-0.25, -0.2) is 4.79 Å². The highest BCUT2D eigenvalue weighted by Crippen LogP contribution is 2.21. The Kier molecular flexibility index (Phi) is 3.23. The third-order valence-electron chi connectivity index (χ3n) is 2.61. The van der Waals surface area contributed by atoms with E-state index in [0.29, 0.717) is 5.82 Å². The minimum absolute atomic E-state index is 0.249. The largest absolute Gasteiger partial charge is 0.478 e. The van der Waals surface area contributed by atoms with Crippen LogP contribution < -0.4 is 4.90 Å². The molecule has 0 unspecified atom stereocenters. The van der Waals surface area contributed by atoms with E-state index in [1.165, 1.54) is 0 Å². The standard InChI is InChI=1S/C13H13N3O2/c1-9-6-7-12(15-14-9)16(2)11-5-3-4-10(8-11)13(17)18/h3-8H,1-2H3,(H,17,18). The summed E-state index contributed by atoms with van der Waals surface area (Å²) in [7, 11) is 1.82. The van der Waals surface area contributed by atoms with Crippen molar-refractivity contribution in [3.63, 3.8) is 0 Å². The van der Waals surface area contributed by atoms with Crippen LogP contribution in [0, 0.1) is 6.92 Å². The SMILES string of the molecule is Cc1ccc(N(C)c2cccc(C(=O)O)c2)nn1. The first-order valence-corrected chi connectivity index (χ1v) is 5.45. The van der Waals surface area contributed by atoms with Crippen LogP contribution in [0.2, 0.25) is 0 Å². The van der Waals surface area contributed by atoms with Gasteiger partial charge in [0.15, 0.2) is 5.82 Å². The molecular formula is C13H13N3O2. The number of carboxylic acid groups (broad SMARTS) is 1. The average molecular weight is 243 g/mol. The average Bonchev–Trinajstić information content (AvgIpc) is 2.39. The van der Waals surface area contributed by atoms with Gasteiger partial charge in [-0.2, -0.15) is 5.10 Å². The Bertz CT molecular complexity index is 567. The van der Waals surface area contributed by atoms with Crippen molar-refractivity contribution in [1.29, 1.82) is 0 Å². The molecule has 0 spiro atoms. The van der Waals surface area contributed by atoms with Gasteiger partial charge in [-0.3, -0.25) is 0 Å². The number of benzene rings is 1. The van der Waals surface area contributed by atoms with E-state index < -0.39 is 5.97 Å². The maximum Gasteiger partial charge on any atom is 0.335 e. The van der Waals surface area contributed by atoms with Gasteiger partial charge < -0.3 is 10.0 Å². The maximum atomic E-state index is 10.9. The van der Waals surface area contributed by atoms with Gasteiger partial charge in [0, 0.05) is 12.7 Å². The lowest BCUT2D eigenvalue weighted by Crippen LogP contribution is -2.12. The summed E-state index contributed by atoms with van der Waals surface area (Å²) in [6.45, 7) is 1.86. The summed E-state index contributed by atoms with van der Waals surface area (Å²) in [5.41, 5.74) is 1.85. The van der Waals surface area contributed by atoms with Crippen molar-refractivity contribution < 1.29 is 9.90 Å². The quantitative estimate of drug-likeness (QED) is 0.895. The molecule has 1 aromatic heterocycles. The maximum absolute atomic E-state index is 10.9. The third kappa shape index (κ3) is 2.45. The van der Waals surface area contributed by atoms with Crippen LogP contribution in [0.5, 0.6) is 0 Å². The molecule has 0 fully saturated rings. The molecule has 92 valence electrons. The highest BCUT2D eigenvalue weighted by atomic mass is 16.4. The second-order valence-corrected chi connectivity index (χ2v) is 3.95. The number of aromatic nitrogens is 2. The van der Waals surface area contributed by atoms with Crippen molar-refractivity contribution >= 4 is 17.5 Å². The zero-order valence-corrected chi connectivity index (χ0v) is 10.2. The summed E-state index contributed by atoms with van der Waals surface area (Å²) in [6.07, 6.45) is 0. The van der Waals surface area contributed by atoms with Gasteiger partial charge in [0.05, 0.1) is 11.3 Å². The number of nitrogens with zero attached hydrogens (tertiary/aromatic N) is 3. The number of rotatable bonds is 3. The summed E-state index contributed by atoms with van der Waals surface area (Å²) in [5.74, 6) is -0.275. The molecule has 0 aliphatic carbocycles. The van der Waals surface area contributed by atoms with Gasteiger partial charge in [-0.1, -0.05) is 6.07 Å². The van der Waals surface area contributed by atoms with Crippen LogP contribution in [0.1, 0.15) is 16.1 Å². The van der Waals surface area contributed by atoms with Crippen LogP contribution in [0.15, 0.2) is 36.4 Å². The van der Waals surface area contributed by atoms with E-state index in [1.807, 2.05) is 32.2 Å². The minimum Gasteiger partial charge on any atom is -0.478 e. The summed E-state index contributed by atoms with van der Waals surface area (Å²) < 4.78 is 0. The Hall–Kier alpha value is -2.43. The smallest absolute Gasteiger partial charge is 0.335 e. The third-order valence-corrected chi connectivity index (χ3v) is 2.61. The number of aryl methyl sites for hydroxylation is 1. The van der Waals surface area contributed by atoms with Crippen LogP contribution in [0.4, 0.5) is 11.5 Å². The fraction of sp³-hybridized carbons (Fsp3) is 0.154. The molecule has 5 heteroatoms. The van der Waals surface area contributed by atoms with Gasteiger partial charge in [-0.15, -0.1) is 5.10 Å². The van der Waals surface area contributed by atoms with Gasteiger partial charge in [0.2, 0.25) is 0 Å². The van der Waals surface area contributed by atoms with Crippen LogP contribution >= 0.6 is 0 Å². The summed E-state index contributed by atoms with van der Waals surface area (Å²) in [4.78, 5) is 12.7. The first-order valence-electron chi connectivity index (χ1n) is 5.45. The van der Waals surface area contributed by atoms with Gasteiger partial charge >= 0.3 is 5.97 Å². The molecule has 1 N–H and O–H groups in total. The zero-order valence-electron chi connectivity index (χ0n) is 10.2. The van der Waals surface area contributed by atoms with Crippen molar-refractivity contribution in [3.05, 3.63) is 47.7 Å². The lowest BCUT2D eigenvalue weighted by molar-refractivity contribution is 0.0697. The highest BCUT2D eigenvalue weighted by Gasteiger charge is 2.09. The fourth-order valence-corrected chi connectivity index (χ4v) is 1.55. The Balaban J connectivity index is 2.33. The number of hydrogen-bond acceptors (Lipinski definition) is 4. The Morgan fingerprint density at radius 2 is 2.00 bits per heavy atom. The Labute approximate surface area is 105 Å². The molecule has 2 rings (SSSR count). The molecule has 0 aliphatic heterocycles. The van der Waals surface area contributed by atoms with Crippen molar-refractivity contribution in [3.8, 4) is 0 Å². The number of anilines is 2. The van der Waals surface area contributed by atoms with Gasteiger partial charge in [0.25, 0.3) is 0 Å². The van der Waals surface area contributed by atoms with Crippen LogP contribution in [0.3, 0.4) is 0 Å². The van der Waals surface area contributed by atoms with Crippen molar-refractivity contribution in [2.45, 2.75) is 6.92 Å². The topological polar surface area (TPSA) is 66.3 Å².